The van der Waals surface area contributed by atoms with Crippen LogP contribution < -0.4 is 4.74 Å². The number of aromatic nitrogens is 6. The quantitative estimate of drug-likeness (QED) is 0.474. The maximum atomic E-state index is 11.2. The molecule has 2 fully saturated rings. The summed E-state index contributed by atoms with van der Waals surface area (Å²) < 4.78 is 13.3. The third-order valence-electron chi connectivity index (χ3n) is 7.26. The molecule has 36 heavy (non-hydrogen) atoms. The van der Waals surface area contributed by atoms with E-state index in [4.69, 9.17) is 19.6 Å². The first-order valence-electron chi connectivity index (χ1n) is 12.7. The molecule has 190 valence electrons. The van der Waals surface area contributed by atoms with Gasteiger partial charge in [0.1, 0.15) is 18.0 Å². The Kier molecular flexibility index (Phi) is 7.22. The van der Waals surface area contributed by atoms with Gasteiger partial charge in [-0.2, -0.15) is 4.98 Å². The van der Waals surface area contributed by atoms with Crippen LogP contribution in [0, 0.1) is 0 Å². The van der Waals surface area contributed by atoms with Crippen molar-refractivity contribution in [2.75, 3.05) is 6.61 Å². The maximum absolute atomic E-state index is 11.2. The van der Waals surface area contributed by atoms with Crippen molar-refractivity contribution in [3.63, 3.8) is 0 Å². The average molecular weight is 493 g/mol. The Labute approximate surface area is 210 Å². The van der Waals surface area contributed by atoms with Crippen molar-refractivity contribution in [2.45, 2.75) is 76.4 Å². The molecule has 0 spiro atoms. The molecule has 1 aliphatic carbocycles. The van der Waals surface area contributed by atoms with E-state index in [0.29, 0.717) is 30.7 Å². The Bertz CT molecular complexity index is 1220. The highest BCUT2D eigenvalue weighted by Gasteiger charge is 2.28. The predicted octanol–water partition coefficient (Wildman–Crippen LogP) is 3.81. The molecular formula is C26H32N6O4. The number of aryl methyl sites for hydroxylation is 2. The van der Waals surface area contributed by atoms with Gasteiger partial charge in [-0.05, 0) is 55.7 Å². The minimum atomic E-state index is -0.831. The third kappa shape index (κ3) is 5.23. The van der Waals surface area contributed by atoms with Crippen molar-refractivity contribution in [2.24, 2.45) is 7.05 Å². The highest BCUT2D eigenvalue weighted by atomic mass is 16.5. The van der Waals surface area contributed by atoms with Crippen molar-refractivity contribution in [3.8, 4) is 17.4 Å². The highest BCUT2D eigenvalue weighted by Crippen LogP contribution is 2.36. The number of carboxylic acids is 1. The van der Waals surface area contributed by atoms with E-state index >= 15 is 0 Å². The standard InChI is InChI=1S/C26H32N6O4/c1-3-20-19(17-10-12-35-18(13-17)14-24(33)34)7-8-22(28-20)25-23(32(2)31-30-25)15-36-26-27-11-9-21(29-26)16-5-4-6-16/h7-9,11,16-18H,3-6,10,12-15H2,1-2H3,(H,33,34). The molecule has 0 bridgehead atoms. The molecule has 1 aliphatic heterocycles. The van der Waals surface area contributed by atoms with Crippen LogP contribution in [-0.2, 0) is 29.6 Å². The van der Waals surface area contributed by atoms with E-state index in [1.54, 1.807) is 10.9 Å². The number of hydrogen-bond donors (Lipinski definition) is 1. The fraction of sp³-hybridized carbons (Fsp3) is 0.538. The van der Waals surface area contributed by atoms with Crippen LogP contribution in [0.3, 0.4) is 0 Å². The average Bonchev–Trinajstić information content (AvgIpc) is 3.21. The van der Waals surface area contributed by atoms with Crippen molar-refractivity contribution in [1.29, 1.82) is 0 Å². The van der Waals surface area contributed by atoms with Crippen molar-refractivity contribution in [3.05, 3.63) is 47.0 Å². The largest absolute Gasteiger partial charge is 0.481 e. The normalized spacial score (nSPS) is 20.2. The highest BCUT2D eigenvalue weighted by molar-refractivity contribution is 5.67. The number of nitrogens with zero attached hydrogens (tertiary/aromatic N) is 6. The zero-order chi connectivity index (χ0) is 25.1. The summed E-state index contributed by atoms with van der Waals surface area (Å²) in [7, 11) is 1.83. The van der Waals surface area contributed by atoms with Crippen LogP contribution in [0.1, 0.15) is 79.9 Å². The number of carboxylic acid groups (broad SMARTS) is 1. The van der Waals surface area contributed by atoms with Crippen LogP contribution in [-0.4, -0.2) is 53.7 Å². The molecule has 2 unspecified atom stereocenters. The molecule has 1 saturated carbocycles. The summed E-state index contributed by atoms with van der Waals surface area (Å²) in [5.41, 5.74) is 5.39. The molecule has 0 radical (unpaired) electrons. The fourth-order valence-electron chi connectivity index (χ4n) is 5.02. The Balaban J connectivity index is 1.34. The summed E-state index contributed by atoms with van der Waals surface area (Å²) in [5.74, 6) is -0.0960. The summed E-state index contributed by atoms with van der Waals surface area (Å²) in [4.78, 5) is 25.0. The second-order valence-corrected chi connectivity index (χ2v) is 9.59. The first kappa shape index (κ1) is 24.3. The molecule has 2 atom stereocenters. The predicted molar refractivity (Wildman–Crippen MR) is 131 cm³/mol. The number of pyridine rings is 1. The van der Waals surface area contributed by atoms with Crippen LogP contribution in [0.4, 0.5) is 0 Å². The second kappa shape index (κ2) is 10.7. The molecule has 1 saturated heterocycles. The summed E-state index contributed by atoms with van der Waals surface area (Å²) in [6.07, 6.45) is 7.40. The Morgan fingerprint density at radius 2 is 2.06 bits per heavy atom. The Morgan fingerprint density at radius 3 is 2.81 bits per heavy atom. The van der Waals surface area contributed by atoms with E-state index in [-0.39, 0.29) is 25.0 Å². The zero-order valence-corrected chi connectivity index (χ0v) is 20.8. The molecule has 3 aromatic heterocycles. The number of carbonyl (C=O) groups is 1. The molecule has 0 aromatic carbocycles. The van der Waals surface area contributed by atoms with Crippen LogP contribution in [0.25, 0.3) is 11.4 Å². The SMILES string of the molecule is CCc1nc(-c2nnn(C)c2COc2nccc(C3CCC3)n2)ccc1C1CCOC(CC(=O)O)C1. The Hall–Kier alpha value is -3.40. The lowest BCUT2D eigenvalue weighted by atomic mass is 9.83. The minimum absolute atomic E-state index is 0.0275. The summed E-state index contributed by atoms with van der Waals surface area (Å²) in [5, 5.41) is 17.7. The van der Waals surface area contributed by atoms with Gasteiger partial charge in [-0.1, -0.05) is 24.6 Å². The zero-order valence-electron chi connectivity index (χ0n) is 20.8. The smallest absolute Gasteiger partial charge is 0.316 e. The lowest BCUT2D eigenvalue weighted by Gasteiger charge is -2.30. The molecule has 3 aromatic rings. The topological polar surface area (TPSA) is 125 Å². The fourth-order valence-corrected chi connectivity index (χ4v) is 5.02. The van der Waals surface area contributed by atoms with Gasteiger partial charge in [0.2, 0.25) is 0 Å². The first-order valence-corrected chi connectivity index (χ1v) is 12.7. The lowest BCUT2D eigenvalue weighted by Crippen LogP contribution is -2.27. The van der Waals surface area contributed by atoms with Gasteiger partial charge >= 0.3 is 12.0 Å². The van der Waals surface area contributed by atoms with Crippen LogP contribution in [0.15, 0.2) is 24.4 Å². The summed E-state index contributed by atoms with van der Waals surface area (Å²) in [6.45, 7) is 2.87. The van der Waals surface area contributed by atoms with Crippen LogP contribution in [0.5, 0.6) is 6.01 Å². The molecule has 5 rings (SSSR count). The number of aliphatic carboxylic acids is 1. The molecular weight excluding hydrogens is 460 g/mol. The lowest BCUT2D eigenvalue weighted by molar-refractivity contribution is -0.141. The van der Waals surface area contributed by atoms with Gasteiger partial charge in [0.15, 0.2) is 0 Å². The molecule has 2 aliphatic rings. The van der Waals surface area contributed by atoms with E-state index in [1.807, 2.05) is 19.2 Å². The van der Waals surface area contributed by atoms with Gasteiger partial charge in [-0.3, -0.25) is 9.78 Å². The van der Waals surface area contributed by atoms with Gasteiger partial charge in [0.25, 0.3) is 0 Å². The van der Waals surface area contributed by atoms with E-state index in [9.17, 15) is 4.79 Å². The Morgan fingerprint density at radius 1 is 1.19 bits per heavy atom. The third-order valence-corrected chi connectivity index (χ3v) is 7.26. The van der Waals surface area contributed by atoms with Gasteiger partial charge in [0.05, 0.1) is 23.9 Å². The first-order chi connectivity index (χ1) is 17.5. The number of hydrogen-bond acceptors (Lipinski definition) is 8. The summed E-state index contributed by atoms with van der Waals surface area (Å²) >= 11 is 0. The van der Waals surface area contributed by atoms with Gasteiger partial charge in [0, 0.05) is 31.5 Å². The molecule has 10 heteroatoms. The number of ether oxygens (including phenoxy) is 2. The minimum Gasteiger partial charge on any atom is -0.481 e. The van der Waals surface area contributed by atoms with Crippen molar-refractivity contribution in [1.82, 2.24) is 29.9 Å². The molecule has 10 nitrogen and oxygen atoms in total. The van der Waals surface area contributed by atoms with Gasteiger partial charge in [-0.25, -0.2) is 9.67 Å². The van der Waals surface area contributed by atoms with E-state index in [2.05, 4.69) is 33.3 Å². The van der Waals surface area contributed by atoms with E-state index in [1.165, 1.54) is 19.3 Å². The second-order valence-electron chi connectivity index (χ2n) is 9.59. The number of rotatable bonds is 9. The van der Waals surface area contributed by atoms with Crippen LogP contribution in [0.2, 0.25) is 0 Å². The van der Waals surface area contributed by atoms with Gasteiger partial charge < -0.3 is 14.6 Å². The van der Waals surface area contributed by atoms with Crippen molar-refractivity contribution >= 4 is 5.97 Å². The monoisotopic (exact) mass is 492 g/mol. The summed E-state index contributed by atoms with van der Waals surface area (Å²) in [6, 6.07) is 6.39. The molecule has 1 N–H and O–H groups in total. The maximum Gasteiger partial charge on any atom is 0.316 e. The van der Waals surface area contributed by atoms with E-state index < -0.39 is 5.97 Å². The van der Waals surface area contributed by atoms with Gasteiger partial charge in [-0.15, -0.1) is 5.10 Å². The van der Waals surface area contributed by atoms with Crippen LogP contribution >= 0.6 is 0 Å². The molecule has 0 amide bonds. The van der Waals surface area contributed by atoms with E-state index in [0.717, 1.165) is 41.2 Å². The molecule has 4 heterocycles. The van der Waals surface area contributed by atoms with Crippen molar-refractivity contribution < 1.29 is 19.4 Å².